The molecular weight excluding hydrogens is 464 g/mol. The van der Waals surface area contributed by atoms with E-state index in [9.17, 15) is 9.90 Å². The summed E-state index contributed by atoms with van der Waals surface area (Å²) in [7, 11) is 0. The summed E-state index contributed by atoms with van der Waals surface area (Å²) in [4.78, 5) is 27.3. The van der Waals surface area contributed by atoms with Gasteiger partial charge >= 0.3 is 6.09 Å². The maximum absolute atomic E-state index is 11.8. The van der Waals surface area contributed by atoms with Gasteiger partial charge in [0.05, 0.1) is 11.2 Å². The number of nitrogens with one attached hydrogen (secondary N) is 1. The van der Waals surface area contributed by atoms with Crippen LogP contribution >= 0.6 is 0 Å². The number of hydrogen-bond donors (Lipinski definition) is 2. The number of hydrogen-bond acceptors (Lipinski definition) is 5. The Morgan fingerprint density at radius 3 is 2.30 bits per heavy atom. The number of fused-ring (bicyclic) bond motifs is 1. The van der Waals surface area contributed by atoms with E-state index in [4.69, 9.17) is 4.98 Å². The van der Waals surface area contributed by atoms with E-state index in [0.717, 1.165) is 44.7 Å². The monoisotopic (exact) mass is 492 g/mol. The smallest absolute Gasteiger partial charge is 0.408 e. The van der Waals surface area contributed by atoms with Crippen LogP contribution in [-0.4, -0.2) is 46.8 Å². The molecule has 0 aliphatic carbocycles. The van der Waals surface area contributed by atoms with Crippen LogP contribution in [0.5, 0.6) is 0 Å². The summed E-state index contributed by atoms with van der Waals surface area (Å²) in [5.41, 5.74) is 5.63. The highest BCUT2D eigenvalue weighted by Crippen LogP contribution is 2.36. The van der Waals surface area contributed by atoms with Gasteiger partial charge in [-0.3, -0.25) is 15.0 Å². The maximum Gasteiger partial charge on any atom is 0.408 e. The third-order valence-corrected chi connectivity index (χ3v) is 6.25. The van der Waals surface area contributed by atoms with Crippen molar-refractivity contribution in [2.75, 3.05) is 0 Å². The predicted molar refractivity (Wildman–Crippen MR) is 144 cm³/mol. The molecule has 0 fully saturated rings. The molecule has 0 bridgehead atoms. The molecule has 1 amide bonds. The number of H-pyrrole nitrogens is 1. The lowest BCUT2D eigenvalue weighted by Gasteiger charge is -2.33. The van der Waals surface area contributed by atoms with Crippen LogP contribution in [0.15, 0.2) is 72.9 Å². The van der Waals surface area contributed by atoms with Gasteiger partial charge in [0, 0.05) is 34.8 Å². The molecule has 37 heavy (non-hydrogen) atoms. The zero-order valence-corrected chi connectivity index (χ0v) is 21.2. The van der Waals surface area contributed by atoms with Crippen molar-refractivity contribution in [3.05, 3.63) is 84.3 Å². The Kier molecular flexibility index (Phi) is 6.17. The van der Waals surface area contributed by atoms with Gasteiger partial charge < -0.3 is 5.11 Å². The summed E-state index contributed by atoms with van der Waals surface area (Å²) in [5, 5.41) is 17.7. The number of rotatable bonds is 5. The number of pyridine rings is 2. The molecule has 0 aliphatic heterocycles. The van der Waals surface area contributed by atoms with E-state index in [2.05, 4.69) is 38.4 Å². The Morgan fingerprint density at radius 2 is 1.68 bits per heavy atom. The van der Waals surface area contributed by atoms with Gasteiger partial charge in [-0.05, 0) is 51.0 Å². The van der Waals surface area contributed by atoms with E-state index in [1.54, 1.807) is 6.20 Å². The van der Waals surface area contributed by atoms with Crippen molar-refractivity contribution < 1.29 is 9.90 Å². The van der Waals surface area contributed by atoms with Crippen molar-refractivity contribution in [1.82, 2.24) is 30.0 Å². The van der Waals surface area contributed by atoms with Crippen LogP contribution < -0.4 is 0 Å². The number of benzene rings is 2. The lowest BCUT2D eigenvalue weighted by atomic mass is 9.96. The van der Waals surface area contributed by atoms with Crippen LogP contribution in [0.1, 0.15) is 32.2 Å². The van der Waals surface area contributed by atoms with E-state index in [1.807, 2.05) is 76.2 Å². The zero-order valence-electron chi connectivity index (χ0n) is 21.2. The molecule has 0 unspecified atom stereocenters. The average Bonchev–Trinajstić information content (AvgIpc) is 3.32. The number of aromatic amines is 1. The molecule has 0 aliphatic rings. The van der Waals surface area contributed by atoms with Crippen LogP contribution in [-0.2, 0) is 6.54 Å². The van der Waals surface area contributed by atoms with Crippen molar-refractivity contribution >= 4 is 17.0 Å². The molecule has 5 aromatic rings. The number of carbonyl (C=O) groups is 1. The Balaban J connectivity index is 1.62. The highest BCUT2D eigenvalue weighted by molar-refractivity contribution is 5.97. The van der Waals surface area contributed by atoms with E-state index >= 15 is 0 Å². The number of amides is 1. The standard InChI is InChI=1S/C29H28N6O2/c1-18-31-27(34-33-18)26-23-16-22(20-8-6-5-7-9-20)25(32-24(23)14-15-30-26)21-12-10-19(11-13-21)17-35(28(36)37)29(2,3)4/h5-16H,17H2,1-4H3,(H,36,37)(H,31,33,34). The van der Waals surface area contributed by atoms with Gasteiger partial charge in [0.25, 0.3) is 0 Å². The molecular formula is C29H28N6O2. The van der Waals surface area contributed by atoms with Crippen LogP contribution in [0.2, 0.25) is 0 Å². The molecule has 0 saturated heterocycles. The van der Waals surface area contributed by atoms with Crippen molar-refractivity contribution in [1.29, 1.82) is 0 Å². The second kappa shape index (κ2) is 9.46. The van der Waals surface area contributed by atoms with Gasteiger partial charge in [-0.15, -0.1) is 0 Å². The summed E-state index contributed by atoms with van der Waals surface area (Å²) in [5.74, 6) is 1.25. The number of aromatic nitrogens is 5. The minimum absolute atomic E-state index is 0.306. The number of carboxylic acid groups (broad SMARTS) is 1. The van der Waals surface area contributed by atoms with E-state index < -0.39 is 11.6 Å². The molecule has 3 heterocycles. The molecule has 0 radical (unpaired) electrons. The molecule has 3 aromatic heterocycles. The first-order valence-electron chi connectivity index (χ1n) is 12.0. The highest BCUT2D eigenvalue weighted by atomic mass is 16.4. The summed E-state index contributed by atoms with van der Waals surface area (Å²) < 4.78 is 0. The van der Waals surface area contributed by atoms with Crippen molar-refractivity contribution in [2.24, 2.45) is 0 Å². The van der Waals surface area contributed by atoms with E-state index in [0.29, 0.717) is 18.1 Å². The molecule has 8 heteroatoms. The Hall–Kier alpha value is -4.59. The minimum Gasteiger partial charge on any atom is -0.465 e. The van der Waals surface area contributed by atoms with Gasteiger partial charge in [-0.25, -0.2) is 14.8 Å². The summed E-state index contributed by atoms with van der Waals surface area (Å²) in [6.07, 6.45) is 0.781. The second-order valence-corrected chi connectivity index (χ2v) is 9.96. The zero-order chi connectivity index (χ0) is 26.2. The third kappa shape index (κ3) is 4.91. The molecule has 2 aromatic carbocycles. The van der Waals surface area contributed by atoms with Gasteiger partial charge in [0.15, 0.2) is 5.82 Å². The highest BCUT2D eigenvalue weighted by Gasteiger charge is 2.26. The molecule has 186 valence electrons. The average molecular weight is 493 g/mol. The normalized spacial score (nSPS) is 11.6. The van der Waals surface area contributed by atoms with Crippen LogP contribution in [0.25, 0.3) is 44.8 Å². The SMILES string of the molecule is Cc1nc(-c2nccc3nc(-c4ccc(CN(C(=O)O)C(C)(C)C)cc4)c(-c4ccccc4)cc23)n[nH]1. The topological polar surface area (TPSA) is 108 Å². The summed E-state index contributed by atoms with van der Waals surface area (Å²) >= 11 is 0. The van der Waals surface area contributed by atoms with Crippen LogP contribution in [0.3, 0.4) is 0 Å². The van der Waals surface area contributed by atoms with Crippen molar-refractivity contribution in [3.63, 3.8) is 0 Å². The molecule has 5 rings (SSSR count). The van der Waals surface area contributed by atoms with Crippen molar-refractivity contribution in [2.45, 2.75) is 39.8 Å². The predicted octanol–water partition coefficient (Wildman–Crippen LogP) is 6.34. The van der Waals surface area contributed by atoms with Crippen LogP contribution in [0.4, 0.5) is 4.79 Å². The molecule has 0 spiro atoms. The lowest BCUT2D eigenvalue weighted by molar-refractivity contribution is 0.0955. The summed E-state index contributed by atoms with van der Waals surface area (Å²) in [6, 6.07) is 22.0. The fraction of sp³-hybridized carbons (Fsp3) is 0.207. The fourth-order valence-corrected chi connectivity index (χ4v) is 4.32. The fourth-order valence-electron chi connectivity index (χ4n) is 4.32. The Morgan fingerprint density at radius 1 is 0.946 bits per heavy atom. The van der Waals surface area contributed by atoms with Gasteiger partial charge in [-0.1, -0.05) is 54.6 Å². The summed E-state index contributed by atoms with van der Waals surface area (Å²) in [6.45, 7) is 7.84. The Labute approximate surface area is 215 Å². The molecule has 8 nitrogen and oxygen atoms in total. The first-order valence-corrected chi connectivity index (χ1v) is 12.0. The van der Waals surface area contributed by atoms with Gasteiger partial charge in [0.1, 0.15) is 11.5 Å². The van der Waals surface area contributed by atoms with E-state index in [-0.39, 0.29) is 0 Å². The first kappa shape index (κ1) is 24.1. The van der Waals surface area contributed by atoms with Gasteiger partial charge in [0.2, 0.25) is 0 Å². The third-order valence-electron chi connectivity index (χ3n) is 6.25. The first-order chi connectivity index (χ1) is 17.7. The van der Waals surface area contributed by atoms with Crippen LogP contribution in [0, 0.1) is 6.92 Å². The van der Waals surface area contributed by atoms with Gasteiger partial charge in [-0.2, -0.15) is 5.10 Å². The Bertz CT molecular complexity index is 1570. The second-order valence-electron chi connectivity index (χ2n) is 9.96. The molecule has 0 saturated carbocycles. The number of aryl methyl sites for hydroxylation is 1. The lowest BCUT2D eigenvalue weighted by Crippen LogP contribution is -2.44. The number of nitrogens with zero attached hydrogens (tertiary/aromatic N) is 5. The van der Waals surface area contributed by atoms with E-state index in [1.165, 1.54) is 4.90 Å². The quantitative estimate of drug-likeness (QED) is 0.297. The maximum atomic E-state index is 11.8. The largest absolute Gasteiger partial charge is 0.465 e. The van der Waals surface area contributed by atoms with Crippen molar-refractivity contribution in [3.8, 4) is 33.9 Å². The molecule has 0 atom stereocenters. The molecule has 2 N–H and O–H groups in total. The minimum atomic E-state index is -0.940.